The van der Waals surface area contributed by atoms with Gasteiger partial charge < -0.3 is 15.3 Å². The van der Waals surface area contributed by atoms with Gasteiger partial charge in [-0.3, -0.25) is 4.79 Å². The van der Waals surface area contributed by atoms with Gasteiger partial charge in [-0.05, 0) is 43.2 Å². The minimum atomic E-state index is -0.246. The maximum absolute atomic E-state index is 12.9. The van der Waals surface area contributed by atoms with Gasteiger partial charge in [-0.2, -0.15) is 0 Å². The average molecular weight is 302 g/mol. The number of benzene rings is 1. The smallest absolute Gasteiger partial charge is 0.233 e. The van der Waals surface area contributed by atoms with Gasteiger partial charge in [0.15, 0.2) is 0 Å². The highest BCUT2D eigenvalue weighted by Gasteiger charge is 2.53. The van der Waals surface area contributed by atoms with E-state index in [4.69, 9.17) is 5.11 Å². The predicted octanol–water partition coefficient (Wildman–Crippen LogP) is 1.81. The van der Waals surface area contributed by atoms with Crippen LogP contribution in [-0.2, 0) is 16.8 Å². The van der Waals surface area contributed by atoms with Crippen LogP contribution >= 0.6 is 0 Å². The molecule has 1 aliphatic heterocycles. The second kappa shape index (κ2) is 6.80. The van der Waals surface area contributed by atoms with Gasteiger partial charge in [-0.15, -0.1) is 0 Å². The minimum Gasteiger partial charge on any atom is -0.395 e. The molecule has 4 nitrogen and oxygen atoms in total. The van der Waals surface area contributed by atoms with Gasteiger partial charge in [0.1, 0.15) is 0 Å². The van der Waals surface area contributed by atoms with Crippen LogP contribution in [0.4, 0.5) is 0 Å². The molecule has 120 valence electrons. The summed E-state index contributed by atoms with van der Waals surface area (Å²) in [6.45, 7) is 3.35. The van der Waals surface area contributed by atoms with Gasteiger partial charge >= 0.3 is 0 Å². The Morgan fingerprint density at radius 2 is 2.00 bits per heavy atom. The monoisotopic (exact) mass is 302 g/mol. The number of carbonyl (C=O) groups is 1. The fraction of sp³-hybridized carbons (Fsp3) is 0.611. The van der Waals surface area contributed by atoms with Crippen LogP contribution in [0.2, 0.25) is 0 Å². The van der Waals surface area contributed by atoms with E-state index in [1.807, 2.05) is 0 Å². The molecule has 2 N–H and O–H groups in total. The van der Waals surface area contributed by atoms with E-state index in [1.165, 1.54) is 17.5 Å². The number of aliphatic hydroxyl groups excluding tert-OH is 1. The van der Waals surface area contributed by atoms with E-state index in [-0.39, 0.29) is 12.0 Å². The van der Waals surface area contributed by atoms with Crippen molar-refractivity contribution in [1.29, 1.82) is 0 Å². The first-order valence-electron chi connectivity index (χ1n) is 8.47. The van der Waals surface area contributed by atoms with Crippen LogP contribution in [0.25, 0.3) is 0 Å². The van der Waals surface area contributed by atoms with Crippen LogP contribution in [-0.4, -0.2) is 42.2 Å². The number of aliphatic hydroxyl groups is 1. The van der Waals surface area contributed by atoms with Crippen molar-refractivity contribution in [3.05, 3.63) is 35.4 Å². The highest BCUT2D eigenvalue weighted by atomic mass is 16.3. The Balaban J connectivity index is 1.72. The van der Waals surface area contributed by atoms with Crippen LogP contribution in [0, 0.1) is 0 Å². The first kappa shape index (κ1) is 15.5. The number of nitrogens with one attached hydrogen (secondary N) is 1. The van der Waals surface area contributed by atoms with Gasteiger partial charge in [-0.1, -0.05) is 24.3 Å². The normalized spacial score (nSPS) is 20.0. The summed E-state index contributed by atoms with van der Waals surface area (Å²) >= 11 is 0. The lowest BCUT2D eigenvalue weighted by molar-refractivity contribution is -0.134. The molecule has 1 saturated carbocycles. The lowest BCUT2D eigenvalue weighted by Crippen LogP contribution is -2.42. The van der Waals surface area contributed by atoms with Crippen molar-refractivity contribution in [3.8, 4) is 0 Å². The van der Waals surface area contributed by atoms with Gasteiger partial charge in [0, 0.05) is 26.2 Å². The predicted molar refractivity (Wildman–Crippen MR) is 86.6 cm³/mol. The molecular weight excluding hydrogens is 276 g/mol. The molecule has 22 heavy (non-hydrogen) atoms. The maximum Gasteiger partial charge on any atom is 0.233 e. The SMILES string of the molecule is O=C(N1CCCCC1)C1(c2cccc(CNCCO)c2)CC1. The Morgan fingerprint density at radius 1 is 1.23 bits per heavy atom. The zero-order valence-electron chi connectivity index (χ0n) is 13.2. The summed E-state index contributed by atoms with van der Waals surface area (Å²) in [4.78, 5) is 15.0. The van der Waals surface area contributed by atoms with Crippen molar-refractivity contribution in [2.24, 2.45) is 0 Å². The second-order valence-electron chi connectivity index (χ2n) is 6.54. The van der Waals surface area contributed by atoms with Crippen molar-refractivity contribution in [3.63, 3.8) is 0 Å². The quantitative estimate of drug-likeness (QED) is 0.788. The molecule has 1 saturated heterocycles. The fourth-order valence-corrected chi connectivity index (χ4v) is 3.44. The van der Waals surface area contributed by atoms with Crippen LogP contribution < -0.4 is 5.32 Å². The average Bonchev–Trinajstić information content (AvgIpc) is 3.37. The van der Waals surface area contributed by atoms with Gasteiger partial charge in [-0.25, -0.2) is 0 Å². The molecule has 1 aromatic rings. The molecule has 2 fully saturated rings. The summed E-state index contributed by atoms with van der Waals surface area (Å²) in [6.07, 6.45) is 5.51. The number of carbonyl (C=O) groups excluding carboxylic acids is 1. The highest BCUT2D eigenvalue weighted by Crippen LogP contribution is 2.50. The molecule has 0 spiro atoms. The number of amides is 1. The van der Waals surface area contributed by atoms with E-state index in [0.29, 0.717) is 12.5 Å². The summed E-state index contributed by atoms with van der Waals surface area (Å²) in [5.41, 5.74) is 2.11. The van der Waals surface area contributed by atoms with Crippen LogP contribution in [0.5, 0.6) is 0 Å². The zero-order valence-corrected chi connectivity index (χ0v) is 13.2. The van der Waals surface area contributed by atoms with Crippen molar-refractivity contribution in [2.45, 2.75) is 44.1 Å². The number of rotatable bonds is 6. The number of piperidine rings is 1. The summed E-state index contributed by atoms with van der Waals surface area (Å²) in [7, 11) is 0. The molecule has 1 heterocycles. The van der Waals surface area contributed by atoms with Crippen molar-refractivity contribution < 1.29 is 9.90 Å². The molecule has 0 atom stereocenters. The minimum absolute atomic E-state index is 0.150. The van der Waals surface area contributed by atoms with Crippen molar-refractivity contribution >= 4 is 5.91 Å². The van der Waals surface area contributed by atoms with Crippen LogP contribution in [0.15, 0.2) is 24.3 Å². The Bertz CT molecular complexity index is 520. The van der Waals surface area contributed by atoms with E-state index in [9.17, 15) is 4.79 Å². The van der Waals surface area contributed by atoms with E-state index in [0.717, 1.165) is 45.3 Å². The zero-order chi connectivity index (χ0) is 15.4. The number of likely N-dealkylation sites (tertiary alicyclic amines) is 1. The molecule has 1 amide bonds. The van der Waals surface area contributed by atoms with Gasteiger partial charge in [0.25, 0.3) is 0 Å². The van der Waals surface area contributed by atoms with E-state index < -0.39 is 0 Å². The van der Waals surface area contributed by atoms with E-state index in [2.05, 4.69) is 34.5 Å². The molecule has 3 rings (SSSR count). The first-order chi connectivity index (χ1) is 10.8. The largest absolute Gasteiger partial charge is 0.395 e. The molecule has 0 unspecified atom stereocenters. The van der Waals surface area contributed by atoms with E-state index in [1.54, 1.807) is 0 Å². The van der Waals surface area contributed by atoms with Crippen LogP contribution in [0.3, 0.4) is 0 Å². The third kappa shape index (κ3) is 3.18. The summed E-state index contributed by atoms with van der Waals surface area (Å²) < 4.78 is 0. The third-order valence-electron chi connectivity index (χ3n) is 4.90. The number of nitrogens with zero attached hydrogens (tertiary/aromatic N) is 1. The Kier molecular flexibility index (Phi) is 4.79. The number of hydrogen-bond donors (Lipinski definition) is 2. The van der Waals surface area contributed by atoms with Crippen molar-refractivity contribution in [1.82, 2.24) is 10.2 Å². The molecular formula is C18H26N2O2. The van der Waals surface area contributed by atoms with Gasteiger partial charge in [0.05, 0.1) is 12.0 Å². The second-order valence-corrected chi connectivity index (χ2v) is 6.54. The molecule has 4 heteroatoms. The lowest BCUT2D eigenvalue weighted by atomic mass is 9.92. The summed E-state index contributed by atoms with van der Waals surface area (Å²) in [5, 5.41) is 12.0. The maximum atomic E-state index is 12.9. The molecule has 1 aromatic carbocycles. The highest BCUT2D eigenvalue weighted by molar-refractivity contribution is 5.91. The van der Waals surface area contributed by atoms with E-state index >= 15 is 0 Å². The Labute approximate surface area is 132 Å². The standard InChI is InChI=1S/C18H26N2O2/c21-12-9-19-14-15-5-4-6-16(13-15)18(7-8-18)17(22)20-10-2-1-3-11-20/h4-6,13,19,21H,1-3,7-12,14H2. The fourth-order valence-electron chi connectivity index (χ4n) is 3.44. The van der Waals surface area contributed by atoms with Crippen LogP contribution in [0.1, 0.15) is 43.2 Å². The lowest BCUT2D eigenvalue weighted by Gasteiger charge is -2.31. The molecule has 1 aliphatic carbocycles. The molecule has 2 aliphatic rings. The number of hydrogen-bond acceptors (Lipinski definition) is 3. The summed E-state index contributed by atoms with van der Waals surface area (Å²) in [5.74, 6) is 0.340. The topological polar surface area (TPSA) is 52.6 Å². The first-order valence-corrected chi connectivity index (χ1v) is 8.47. The Morgan fingerprint density at radius 3 is 2.68 bits per heavy atom. The van der Waals surface area contributed by atoms with Gasteiger partial charge in [0.2, 0.25) is 5.91 Å². The van der Waals surface area contributed by atoms with Crippen molar-refractivity contribution in [2.75, 3.05) is 26.2 Å². The molecule has 0 radical (unpaired) electrons. The molecule has 0 bridgehead atoms. The summed E-state index contributed by atoms with van der Waals surface area (Å²) in [6, 6.07) is 8.40. The third-order valence-corrected chi connectivity index (χ3v) is 4.90. The molecule has 0 aromatic heterocycles. The Hall–Kier alpha value is -1.39.